The zero-order valence-electron chi connectivity index (χ0n) is 11.9. The summed E-state index contributed by atoms with van der Waals surface area (Å²) < 4.78 is 1.91. The van der Waals surface area contributed by atoms with Gasteiger partial charge in [-0.15, -0.1) is 0 Å². The van der Waals surface area contributed by atoms with E-state index in [2.05, 4.69) is 19.9 Å². The number of hydrogen-bond acceptors (Lipinski definition) is 6. The molecule has 21 heavy (non-hydrogen) atoms. The van der Waals surface area contributed by atoms with Gasteiger partial charge in [0.1, 0.15) is 6.33 Å². The summed E-state index contributed by atoms with van der Waals surface area (Å²) in [4.78, 5) is 15.2. The van der Waals surface area contributed by atoms with Crippen LogP contribution in [0.1, 0.15) is 13.3 Å². The van der Waals surface area contributed by atoms with Crippen LogP contribution in [0.5, 0.6) is 0 Å². The van der Waals surface area contributed by atoms with Crippen molar-refractivity contribution in [1.29, 1.82) is 0 Å². The van der Waals surface area contributed by atoms with E-state index in [4.69, 9.17) is 5.11 Å². The topological polar surface area (TPSA) is 87.3 Å². The monoisotopic (exact) mass is 289 g/mol. The lowest BCUT2D eigenvalue weighted by Gasteiger charge is -2.23. The molecule has 0 radical (unpaired) electrons. The molecule has 112 valence electrons. The molecule has 2 aromatic rings. The molecule has 1 aliphatic rings. The lowest BCUT2D eigenvalue weighted by molar-refractivity contribution is 0.170. The van der Waals surface area contributed by atoms with Crippen LogP contribution >= 0.6 is 0 Å². The van der Waals surface area contributed by atoms with Crippen molar-refractivity contribution in [2.45, 2.75) is 32.0 Å². The van der Waals surface area contributed by atoms with E-state index in [-0.39, 0.29) is 18.8 Å². The molecule has 0 unspecified atom stereocenters. The van der Waals surface area contributed by atoms with Crippen molar-refractivity contribution in [2.75, 3.05) is 18.1 Å². The quantitative estimate of drug-likeness (QED) is 0.789. The van der Waals surface area contributed by atoms with E-state index in [0.29, 0.717) is 6.54 Å². The number of anilines is 1. The SMILES string of the molecule is C[C@H]1[C@@H](O)CCN1c1ncnc2c1ncn2C/C=C/CO. The number of aliphatic hydroxyl groups excluding tert-OH is 2. The molecule has 1 fully saturated rings. The first kappa shape index (κ1) is 14.0. The Morgan fingerprint density at radius 2 is 2.19 bits per heavy atom. The van der Waals surface area contributed by atoms with Crippen molar-refractivity contribution >= 4 is 17.0 Å². The van der Waals surface area contributed by atoms with Crippen molar-refractivity contribution in [3.63, 3.8) is 0 Å². The fourth-order valence-electron chi connectivity index (χ4n) is 2.70. The van der Waals surface area contributed by atoms with Gasteiger partial charge in [-0.1, -0.05) is 12.2 Å². The number of rotatable bonds is 4. The van der Waals surface area contributed by atoms with Gasteiger partial charge in [0.25, 0.3) is 0 Å². The number of allylic oxidation sites excluding steroid dienone is 1. The van der Waals surface area contributed by atoms with Gasteiger partial charge in [-0.3, -0.25) is 0 Å². The second kappa shape index (κ2) is 5.79. The van der Waals surface area contributed by atoms with Gasteiger partial charge in [0.15, 0.2) is 17.0 Å². The summed E-state index contributed by atoms with van der Waals surface area (Å²) in [5.41, 5.74) is 1.51. The Bertz CT molecular complexity index is 654. The highest BCUT2D eigenvalue weighted by atomic mass is 16.3. The van der Waals surface area contributed by atoms with Crippen molar-refractivity contribution in [2.24, 2.45) is 0 Å². The van der Waals surface area contributed by atoms with Crippen LogP contribution in [0.25, 0.3) is 11.2 Å². The zero-order valence-corrected chi connectivity index (χ0v) is 11.9. The summed E-state index contributed by atoms with van der Waals surface area (Å²) in [5.74, 6) is 0.772. The van der Waals surface area contributed by atoms with Crippen LogP contribution in [-0.4, -0.2) is 55.0 Å². The smallest absolute Gasteiger partial charge is 0.165 e. The van der Waals surface area contributed by atoms with Crippen LogP contribution in [0.3, 0.4) is 0 Å². The second-order valence-electron chi connectivity index (χ2n) is 5.21. The van der Waals surface area contributed by atoms with Gasteiger partial charge in [0, 0.05) is 13.1 Å². The fourth-order valence-corrected chi connectivity index (χ4v) is 2.70. The predicted molar refractivity (Wildman–Crippen MR) is 79.0 cm³/mol. The Balaban J connectivity index is 1.96. The Morgan fingerprint density at radius 1 is 1.33 bits per heavy atom. The van der Waals surface area contributed by atoms with Crippen molar-refractivity contribution < 1.29 is 10.2 Å². The molecule has 0 amide bonds. The summed E-state index contributed by atoms with van der Waals surface area (Å²) in [7, 11) is 0. The molecule has 0 spiro atoms. The van der Waals surface area contributed by atoms with Crippen molar-refractivity contribution in [3.8, 4) is 0 Å². The molecule has 0 aromatic carbocycles. The van der Waals surface area contributed by atoms with Gasteiger partial charge in [-0.25, -0.2) is 15.0 Å². The molecule has 0 aliphatic carbocycles. The maximum atomic E-state index is 9.91. The lowest BCUT2D eigenvalue weighted by Crippen LogP contribution is -2.33. The molecule has 1 aliphatic heterocycles. The molecule has 1 saturated heterocycles. The molecular weight excluding hydrogens is 270 g/mol. The van der Waals surface area contributed by atoms with Gasteiger partial charge in [0.2, 0.25) is 0 Å². The minimum atomic E-state index is -0.329. The number of fused-ring (bicyclic) bond motifs is 1. The van der Waals surface area contributed by atoms with E-state index >= 15 is 0 Å². The van der Waals surface area contributed by atoms with E-state index in [1.807, 2.05) is 17.6 Å². The van der Waals surface area contributed by atoms with E-state index < -0.39 is 0 Å². The predicted octanol–water partition coefficient (Wildman–Crippen LogP) is 0.334. The summed E-state index contributed by atoms with van der Waals surface area (Å²) in [6.45, 7) is 3.39. The Labute approximate surface area is 122 Å². The third-order valence-corrected chi connectivity index (χ3v) is 3.94. The van der Waals surface area contributed by atoms with E-state index in [1.54, 1.807) is 12.4 Å². The van der Waals surface area contributed by atoms with Crippen LogP contribution < -0.4 is 4.90 Å². The van der Waals surface area contributed by atoms with Crippen LogP contribution in [0.15, 0.2) is 24.8 Å². The van der Waals surface area contributed by atoms with Crippen LogP contribution in [0, 0.1) is 0 Å². The standard InChI is InChI=1S/C14H19N5O2/c1-10-11(21)4-6-19(10)14-12-13(15-8-16-14)18(9-17-12)5-2-3-7-20/h2-3,8-11,20-21H,4-7H2,1H3/b3-2+/t10-,11-/m0/s1. The minimum absolute atomic E-state index is 0.0239. The first-order valence-electron chi connectivity index (χ1n) is 7.08. The van der Waals surface area contributed by atoms with Crippen LogP contribution in [-0.2, 0) is 6.54 Å². The molecule has 0 bridgehead atoms. The number of nitrogens with zero attached hydrogens (tertiary/aromatic N) is 5. The largest absolute Gasteiger partial charge is 0.392 e. The number of hydrogen-bond donors (Lipinski definition) is 2. The molecule has 7 nitrogen and oxygen atoms in total. The third-order valence-electron chi connectivity index (χ3n) is 3.94. The average molecular weight is 289 g/mol. The normalized spacial score (nSPS) is 22.7. The molecule has 7 heteroatoms. The number of aromatic nitrogens is 4. The van der Waals surface area contributed by atoms with Gasteiger partial charge in [0.05, 0.1) is 25.1 Å². The van der Waals surface area contributed by atoms with Gasteiger partial charge < -0.3 is 19.7 Å². The molecule has 2 aromatic heterocycles. The molecular formula is C14H19N5O2. The van der Waals surface area contributed by atoms with Gasteiger partial charge in [-0.05, 0) is 13.3 Å². The summed E-state index contributed by atoms with van der Waals surface area (Å²) in [6.07, 6.45) is 7.22. The van der Waals surface area contributed by atoms with Crippen LogP contribution in [0.4, 0.5) is 5.82 Å². The number of aliphatic hydroxyl groups is 2. The first-order valence-corrected chi connectivity index (χ1v) is 7.08. The maximum Gasteiger partial charge on any atom is 0.165 e. The highest BCUT2D eigenvalue weighted by Crippen LogP contribution is 2.28. The zero-order chi connectivity index (χ0) is 14.8. The van der Waals surface area contributed by atoms with E-state index in [1.165, 1.54) is 6.33 Å². The highest BCUT2D eigenvalue weighted by molar-refractivity contribution is 5.83. The number of imidazole rings is 1. The summed E-state index contributed by atoms with van der Waals surface area (Å²) in [6, 6.07) is 0.0301. The molecule has 3 rings (SSSR count). The Hall–Kier alpha value is -1.99. The molecule has 2 N–H and O–H groups in total. The molecule has 2 atom stereocenters. The summed E-state index contributed by atoms with van der Waals surface area (Å²) in [5, 5.41) is 18.7. The molecule has 3 heterocycles. The van der Waals surface area contributed by atoms with Crippen LogP contribution in [0.2, 0.25) is 0 Å². The fraction of sp³-hybridized carbons (Fsp3) is 0.500. The van der Waals surface area contributed by atoms with Crippen molar-refractivity contribution in [1.82, 2.24) is 19.5 Å². The first-order chi connectivity index (χ1) is 10.2. The lowest BCUT2D eigenvalue weighted by atomic mass is 10.2. The third kappa shape index (κ3) is 2.50. The van der Waals surface area contributed by atoms with E-state index in [0.717, 1.165) is 29.9 Å². The molecule has 0 saturated carbocycles. The average Bonchev–Trinajstić information content (AvgIpc) is 3.05. The minimum Gasteiger partial charge on any atom is -0.392 e. The maximum absolute atomic E-state index is 9.91. The van der Waals surface area contributed by atoms with Gasteiger partial charge in [-0.2, -0.15) is 0 Å². The van der Waals surface area contributed by atoms with Crippen molar-refractivity contribution in [3.05, 3.63) is 24.8 Å². The second-order valence-corrected chi connectivity index (χ2v) is 5.21. The Kier molecular flexibility index (Phi) is 3.85. The van der Waals surface area contributed by atoms with Gasteiger partial charge >= 0.3 is 0 Å². The summed E-state index contributed by atoms with van der Waals surface area (Å²) >= 11 is 0. The highest BCUT2D eigenvalue weighted by Gasteiger charge is 2.31. The Morgan fingerprint density at radius 3 is 2.90 bits per heavy atom. The van der Waals surface area contributed by atoms with E-state index in [9.17, 15) is 5.11 Å².